The fourth-order valence-electron chi connectivity index (χ4n) is 3.97. The summed E-state index contributed by atoms with van der Waals surface area (Å²) in [5, 5.41) is 0.596. The average Bonchev–Trinajstić information content (AvgIpc) is 2.85. The number of Topliss-reactive ketones (excluding diaryl/α,β-unsaturated/α-hetero) is 1. The van der Waals surface area contributed by atoms with Gasteiger partial charge in [0.2, 0.25) is 0 Å². The van der Waals surface area contributed by atoms with Gasteiger partial charge in [0.25, 0.3) is 5.91 Å². The van der Waals surface area contributed by atoms with Crippen molar-refractivity contribution in [3.63, 3.8) is 0 Å². The second-order valence-electron chi connectivity index (χ2n) is 8.38. The summed E-state index contributed by atoms with van der Waals surface area (Å²) in [5.41, 5.74) is 2.39. The predicted octanol–water partition coefficient (Wildman–Crippen LogP) is 3.95. The van der Waals surface area contributed by atoms with E-state index in [2.05, 4.69) is 0 Å². The van der Waals surface area contributed by atoms with Crippen LogP contribution < -0.4 is 14.2 Å². The van der Waals surface area contributed by atoms with Gasteiger partial charge in [-0.15, -0.1) is 0 Å². The summed E-state index contributed by atoms with van der Waals surface area (Å²) in [7, 11) is 1.58. The van der Waals surface area contributed by atoms with Gasteiger partial charge in [-0.05, 0) is 55.3 Å². The number of morpholine rings is 1. The summed E-state index contributed by atoms with van der Waals surface area (Å²) < 4.78 is 23.0. The summed E-state index contributed by atoms with van der Waals surface area (Å²) in [6, 6.07) is 11.0. The summed E-state index contributed by atoms with van der Waals surface area (Å²) in [6.45, 7) is 3.43. The van der Waals surface area contributed by atoms with Crippen LogP contribution in [0.25, 0.3) is 6.08 Å². The number of nitrogens with zero attached hydrogens (tertiary/aromatic N) is 1. The molecule has 0 spiro atoms. The number of carbonyl (C=O) groups is 2. The van der Waals surface area contributed by atoms with E-state index in [4.69, 9.17) is 30.5 Å². The first-order chi connectivity index (χ1) is 16.4. The number of aryl methyl sites for hydroxylation is 1. The molecule has 180 valence electrons. The zero-order chi connectivity index (χ0) is 24.1. The highest BCUT2D eigenvalue weighted by Crippen LogP contribution is 2.31. The molecule has 1 unspecified atom stereocenters. The maximum atomic E-state index is 13.1. The van der Waals surface area contributed by atoms with Crippen molar-refractivity contribution < 1.29 is 28.5 Å². The third-order valence-corrected chi connectivity index (χ3v) is 6.04. The Labute approximate surface area is 204 Å². The van der Waals surface area contributed by atoms with Gasteiger partial charge >= 0.3 is 0 Å². The molecule has 1 atom stereocenters. The minimum Gasteiger partial charge on any atom is -0.493 e. The Hall–Kier alpha value is -3.03. The molecule has 2 heterocycles. The number of methoxy groups -OCH3 is 1. The number of benzene rings is 2. The first-order valence-electron chi connectivity index (χ1n) is 11.3. The lowest BCUT2D eigenvalue weighted by molar-refractivity contribution is -0.136. The number of ether oxygens (including phenoxy) is 4. The minimum absolute atomic E-state index is 0.0775. The van der Waals surface area contributed by atoms with Crippen molar-refractivity contribution in [3.8, 4) is 17.2 Å². The van der Waals surface area contributed by atoms with E-state index in [1.807, 2.05) is 30.3 Å². The summed E-state index contributed by atoms with van der Waals surface area (Å²) in [5.74, 6) is 1.99. The lowest BCUT2D eigenvalue weighted by Crippen LogP contribution is -2.48. The highest BCUT2D eigenvalue weighted by molar-refractivity contribution is 6.30. The van der Waals surface area contributed by atoms with E-state index < -0.39 is 0 Å². The molecule has 0 N–H and O–H groups in total. The van der Waals surface area contributed by atoms with Crippen LogP contribution in [0.15, 0.2) is 42.0 Å². The zero-order valence-electron chi connectivity index (χ0n) is 19.3. The topological polar surface area (TPSA) is 74.3 Å². The molecule has 0 saturated carbocycles. The van der Waals surface area contributed by atoms with Crippen molar-refractivity contribution in [2.75, 3.05) is 40.0 Å². The van der Waals surface area contributed by atoms with E-state index in [9.17, 15) is 9.59 Å². The Morgan fingerprint density at radius 3 is 2.82 bits per heavy atom. The van der Waals surface area contributed by atoms with E-state index in [-0.39, 0.29) is 31.0 Å². The van der Waals surface area contributed by atoms with Crippen LogP contribution in [-0.4, -0.2) is 62.7 Å². The van der Waals surface area contributed by atoms with Gasteiger partial charge in [0.15, 0.2) is 11.5 Å². The number of halogens is 1. The van der Waals surface area contributed by atoms with E-state index in [0.29, 0.717) is 54.6 Å². The molecule has 2 aromatic rings. The molecule has 2 aliphatic heterocycles. The normalized spacial score (nSPS) is 17.3. The highest BCUT2D eigenvalue weighted by atomic mass is 35.5. The number of fused-ring (bicyclic) bond motifs is 1. The monoisotopic (exact) mass is 485 g/mol. The van der Waals surface area contributed by atoms with E-state index in [1.165, 1.54) is 0 Å². The van der Waals surface area contributed by atoms with Crippen molar-refractivity contribution in [2.45, 2.75) is 25.9 Å². The molecule has 4 rings (SSSR count). The van der Waals surface area contributed by atoms with Gasteiger partial charge in [-0.25, -0.2) is 0 Å². The Morgan fingerprint density at radius 2 is 2.03 bits per heavy atom. The summed E-state index contributed by atoms with van der Waals surface area (Å²) in [6.07, 6.45) is 2.72. The summed E-state index contributed by atoms with van der Waals surface area (Å²) in [4.78, 5) is 26.1. The van der Waals surface area contributed by atoms with Gasteiger partial charge < -0.3 is 28.6 Å². The first-order valence-corrected chi connectivity index (χ1v) is 11.6. The molecule has 0 aliphatic carbocycles. The molecule has 2 aliphatic rings. The van der Waals surface area contributed by atoms with Crippen LogP contribution in [0.1, 0.15) is 24.5 Å². The van der Waals surface area contributed by atoms with E-state index in [1.54, 1.807) is 31.1 Å². The molecule has 1 fully saturated rings. The van der Waals surface area contributed by atoms with Crippen molar-refractivity contribution in [1.82, 2.24) is 4.90 Å². The minimum atomic E-state index is -0.272. The largest absolute Gasteiger partial charge is 0.493 e. The van der Waals surface area contributed by atoms with Gasteiger partial charge in [0, 0.05) is 23.6 Å². The fourth-order valence-corrected chi connectivity index (χ4v) is 4.15. The number of ketones is 1. The zero-order valence-corrected chi connectivity index (χ0v) is 20.1. The van der Waals surface area contributed by atoms with Gasteiger partial charge in [-0.3, -0.25) is 4.79 Å². The Balaban J connectivity index is 1.36. The first kappa shape index (κ1) is 24.1. The molecular weight excluding hydrogens is 458 g/mol. The van der Waals surface area contributed by atoms with Gasteiger partial charge in [0.05, 0.1) is 25.8 Å². The lowest BCUT2D eigenvalue weighted by atomic mass is 10.1. The van der Waals surface area contributed by atoms with Crippen LogP contribution in [0.3, 0.4) is 0 Å². The maximum absolute atomic E-state index is 13.1. The third-order valence-electron chi connectivity index (χ3n) is 5.80. The quantitative estimate of drug-likeness (QED) is 0.563. The number of rotatable bonds is 8. The van der Waals surface area contributed by atoms with Crippen molar-refractivity contribution in [3.05, 3.63) is 58.1 Å². The molecule has 0 bridgehead atoms. The van der Waals surface area contributed by atoms with Crippen molar-refractivity contribution in [1.29, 1.82) is 0 Å². The Morgan fingerprint density at radius 1 is 1.18 bits per heavy atom. The van der Waals surface area contributed by atoms with Crippen LogP contribution in [0.5, 0.6) is 17.2 Å². The second kappa shape index (κ2) is 10.9. The van der Waals surface area contributed by atoms with Crippen LogP contribution >= 0.6 is 11.6 Å². The number of hydrogen-bond acceptors (Lipinski definition) is 6. The Kier molecular flexibility index (Phi) is 7.75. The molecular formula is C26H28ClNO6. The molecule has 1 saturated heterocycles. The van der Waals surface area contributed by atoms with Crippen LogP contribution in [0, 0.1) is 0 Å². The van der Waals surface area contributed by atoms with Gasteiger partial charge in [0.1, 0.15) is 30.9 Å². The lowest BCUT2D eigenvalue weighted by Gasteiger charge is -2.34. The highest BCUT2D eigenvalue weighted by Gasteiger charge is 2.28. The smallest absolute Gasteiger partial charge is 0.253 e. The van der Waals surface area contributed by atoms with Crippen LogP contribution in [0.4, 0.5) is 0 Å². The predicted molar refractivity (Wildman–Crippen MR) is 129 cm³/mol. The molecule has 1 amide bonds. The van der Waals surface area contributed by atoms with Crippen LogP contribution in [0.2, 0.25) is 5.02 Å². The second-order valence-corrected chi connectivity index (χ2v) is 8.82. The van der Waals surface area contributed by atoms with Crippen LogP contribution in [-0.2, 0) is 20.7 Å². The number of carbonyl (C=O) groups excluding carboxylic acids is 2. The van der Waals surface area contributed by atoms with Crippen molar-refractivity contribution >= 4 is 29.4 Å². The van der Waals surface area contributed by atoms with Gasteiger partial charge in [-0.1, -0.05) is 17.7 Å². The molecule has 2 aromatic carbocycles. The summed E-state index contributed by atoms with van der Waals surface area (Å²) >= 11 is 6.08. The SMILES string of the molecule is COc1cc(CCC(C)=O)ccc1OCC1CN(C(=O)C2=Cc3cc(Cl)ccc3OC2)CCO1. The van der Waals surface area contributed by atoms with Crippen molar-refractivity contribution in [2.24, 2.45) is 0 Å². The average molecular weight is 486 g/mol. The number of amides is 1. The molecule has 0 aromatic heterocycles. The molecule has 0 radical (unpaired) electrons. The molecule has 8 heteroatoms. The molecule has 34 heavy (non-hydrogen) atoms. The molecule has 7 nitrogen and oxygen atoms in total. The number of hydrogen-bond donors (Lipinski definition) is 0. The standard InChI is InChI=1S/C26H28ClNO6/c1-17(29)3-4-18-5-7-24(25(11-18)31-2)34-16-22-14-28(9-10-32-22)26(30)20-12-19-13-21(27)6-8-23(19)33-15-20/h5-8,11-13,22H,3-4,9-10,14-16H2,1-2H3. The van der Waals surface area contributed by atoms with Gasteiger partial charge in [-0.2, -0.15) is 0 Å². The van der Waals surface area contributed by atoms with E-state index >= 15 is 0 Å². The third kappa shape index (κ3) is 5.90. The van der Waals surface area contributed by atoms with E-state index in [0.717, 1.165) is 16.9 Å². The maximum Gasteiger partial charge on any atom is 0.253 e. The Bertz CT molecular complexity index is 1100. The fraction of sp³-hybridized carbons (Fsp3) is 0.385.